The zero-order valence-corrected chi connectivity index (χ0v) is 15.6. The van der Waals surface area contributed by atoms with Gasteiger partial charge in [0, 0.05) is 23.2 Å². The van der Waals surface area contributed by atoms with Gasteiger partial charge in [0.2, 0.25) is 0 Å². The van der Waals surface area contributed by atoms with Crippen molar-refractivity contribution in [3.05, 3.63) is 76.8 Å². The van der Waals surface area contributed by atoms with Gasteiger partial charge in [-0.3, -0.25) is 0 Å². The molecule has 0 saturated heterocycles. The first-order valence-corrected chi connectivity index (χ1v) is 9.78. The minimum absolute atomic E-state index is 0.523. The third-order valence-electron chi connectivity index (χ3n) is 5.20. The van der Waals surface area contributed by atoms with Crippen LogP contribution >= 0.6 is 11.6 Å². The molecule has 1 aliphatic carbocycles. The molecule has 0 amide bonds. The van der Waals surface area contributed by atoms with E-state index in [1.807, 2.05) is 24.3 Å². The molecule has 1 N–H and O–H groups in total. The van der Waals surface area contributed by atoms with Crippen molar-refractivity contribution < 1.29 is 4.74 Å². The largest absolute Gasteiger partial charge is 0.489 e. The van der Waals surface area contributed by atoms with Crippen LogP contribution in [0.3, 0.4) is 0 Å². The number of nitrogens with one attached hydrogen (secondary N) is 1. The van der Waals surface area contributed by atoms with E-state index < -0.39 is 0 Å². The molecular formula is C23H24ClNO. The third-order valence-corrected chi connectivity index (χ3v) is 5.44. The zero-order chi connectivity index (χ0) is 17.8. The van der Waals surface area contributed by atoms with Crippen molar-refractivity contribution in [1.82, 2.24) is 5.32 Å². The van der Waals surface area contributed by atoms with Crippen LogP contribution in [0.4, 0.5) is 0 Å². The molecule has 0 aromatic heterocycles. The average molecular weight is 366 g/mol. The summed E-state index contributed by atoms with van der Waals surface area (Å²) in [6.45, 7) is 1.37. The number of rotatable bonds is 6. The maximum absolute atomic E-state index is 6.20. The Hall–Kier alpha value is -2.03. The van der Waals surface area contributed by atoms with Gasteiger partial charge < -0.3 is 10.1 Å². The van der Waals surface area contributed by atoms with E-state index >= 15 is 0 Å². The molecule has 2 nitrogen and oxygen atoms in total. The summed E-state index contributed by atoms with van der Waals surface area (Å²) in [7, 11) is 0. The van der Waals surface area contributed by atoms with Gasteiger partial charge in [-0.2, -0.15) is 0 Å². The summed E-state index contributed by atoms with van der Waals surface area (Å²) in [5.41, 5.74) is 2.33. The van der Waals surface area contributed by atoms with Gasteiger partial charge in [-0.1, -0.05) is 66.9 Å². The van der Waals surface area contributed by atoms with Crippen molar-refractivity contribution in [3.8, 4) is 5.75 Å². The van der Waals surface area contributed by atoms with Gasteiger partial charge in [-0.25, -0.2) is 0 Å². The van der Waals surface area contributed by atoms with Gasteiger partial charge in [-0.15, -0.1) is 0 Å². The fourth-order valence-electron chi connectivity index (χ4n) is 3.80. The highest BCUT2D eigenvalue weighted by molar-refractivity contribution is 6.30. The summed E-state index contributed by atoms with van der Waals surface area (Å²) >= 11 is 6.09. The van der Waals surface area contributed by atoms with E-state index in [0.29, 0.717) is 12.6 Å². The summed E-state index contributed by atoms with van der Waals surface area (Å²) in [5.74, 6) is 0.953. The third kappa shape index (κ3) is 4.03. The second-order valence-corrected chi connectivity index (χ2v) is 7.48. The van der Waals surface area contributed by atoms with Crippen molar-refractivity contribution >= 4 is 22.4 Å². The van der Waals surface area contributed by atoms with Gasteiger partial charge >= 0.3 is 0 Å². The predicted octanol–water partition coefficient (Wildman–Crippen LogP) is 6.10. The van der Waals surface area contributed by atoms with Crippen LogP contribution in [0.5, 0.6) is 5.75 Å². The number of hydrogen-bond donors (Lipinski definition) is 1. The highest BCUT2D eigenvalue weighted by Crippen LogP contribution is 2.30. The Morgan fingerprint density at radius 2 is 1.81 bits per heavy atom. The first kappa shape index (κ1) is 17.4. The quantitative estimate of drug-likeness (QED) is 0.569. The van der Waals surface area contributed by atoms with Crippen LogP contribution in [0.2, 0.25) is 5.02 Å². The second kappa shape index (κ2) is 8.11. The van der Waals surface area contributed by atoms with Gasteiger partial charge in [0.05, 0.1) is 0 Å². The molecule has 26 heavy (non-hydrogen) atoms. The minimum atomic E-state index is 0.523. The lowest BCUT2D eigenvalue weighted by Gasteiger charge is -2.17. The predicted molar refractivity (Wildman–Crippen MR) is 109 cm³/mol. The normalized spacial score (nSPS) is 14.8. The van der Waals surface area contributed by atoms with Crippen molar-refractivity contribution in [1.29, 1.82) is 0 Å². The molecule has 134 valence electrons. The lowest BCUT2D eigenvalue weighted by Crippen LogP contribution is -2.25. The first-order chi connectivity index (χ1) is 12.8. The molecule has 0 spiro atoms. The number of hydrogen-bond acceptors (Lipinski definition) is 2. The summed E-state index contributed by atoms with van der Waals surface area (Å²) in [6.07, 6.45) is 5.24. The van der Waals surface area contributed by atoms with Crippen LogP contribution in [0.25, 0.3) is 10.8 Å². The molecule has 0 aliphatic heterocycles. The van der Waals surface area contributed by atoms with Crippen molar-refractivity contribution in [2.75, 3.05) is 0 Å². The molecule has 1 fully saturated rings. The van der Waals surface area contributed by atoms with Crippen LogP contribution in [0.15, 0.2) is 60.7 Å². The fraction of sp³-hybridized carbons (Fsp3) is 0.304. The molecule has 3 aromatic rings. The number of fused-ring (bicyclic) bond motifs is 1. The van der Waals surface area contributed by atoms with Crippen molar-refractivity contribution in [2.24, 2.45) is 0 Å². The van der Waals surface area contributed by atoms with E-state index in [4.69, 9.17) is 16.3 Å². The topological polar surface area (TPSA) is 21.3 Å². The van der Waals surface area contributed by atoms with E-state index in [2.05, 4.69) is 41.7 Å². The number of ether oxygens (including phenoxy) is 1. The molecule has 3 heteroatoms. The molecule has 4 rings (SSSR count). The monoisotopic (exact) mass is 365 g/mol. The van der Waals surface area contributed by atoms with Gasteiger partial charge in [-0.05, 0) is 47.4 Å². The Morgan fingerprint density at radius 1 is 0.962 bits per heavy atom. The van der Waals surface area contributed by atoms with Crippen LogP contribution in [0.1, 0.15) is 36.8 Å². The van der Waals surface area contributed by atoms with Crippen LogP contribution in [-0.4, -0.2) is 6.04 Å². The lowest BCUT2D eigenvalue weighted by molar-refractivity contribution is 0.302. The smallest absolute Gasteiger partial charge is 0.124 e. The van der Waals surface area contributed by atoms with Gasteiger partial charge in [0.25, 0.3) is 0 Å². The maximum atomic E-state index is 6.20. The van der Waals surface area contributed by atoms with Crippen LogP contribution < -0.4 is 10.1 Å². The Kier molecular flexibility index (Phi) is 5.42. The van der Waals surface area contributed by atoms with Gasteiger partial charge in [0.1, 0.15) is 12.4 Å². The molecule has 0 unspecified atom stereocenters. The molecule has 1 aliphatic rings. The van der Waals surface area contributed by atoms with E-state index in [0.717, 1.165) is 22.9 Å². The summed E-state index contributed by atoms with van der Waals surface area (Å²) < 4.78 is 6.20. The molecule has 0 bridgehead atoms. The highest BCUT2D eigenvalue weighted by Gasteiger charge is 2.16. The SMILES string of the molecule is Clc1cccc(COc2ccc3ccccc3c2CNC2CCCC2)c1. The molecular weight excluding hydrogens is 342 g/mol. The summed E-state index contributed by atoms with van der Waals surface area (Å²) in [5, 5.41) is 7.00. The first-order valence-electron chi connectivity index (χ1n) is 9.41. The summed E-state index contributed by atoms with van der Waals surface area (Å²) in [4.78, 5) is 0. The van der Waals surface area contributed by atoms with Gasteiger partial charge in [0.15, 0.2) is 0 Å². The molecule has 0 atom stereocenters. The van der Waals surface area contributed by atoms with Crippen molar-refractivity contribution in [3.63, 3.8) is 0 Å². The van der Waals surface area contributed by atoms with E-state index in [1.165, 1.54) is 42.0 Å². The molecule has 0 heterocycles. The van der Waals surface area contributed by atoms with Crippen LogP contribution in [0, 0.1) is 0 Å². The molecule has 1 saturated carbocycles. The molecule has 0 radical (unpaired) electrons. The highest BCUT2D eigenvalue weighted by atomic mass is 35.5. The van der Waals surface area contributed by atoms with Crippen LogP contribution in [-0.2, 0) is 13.2 Å². The Labute approximate surface area is 160 Å². The average Bonchev–Trinajstić information content (AvgIpc) is 3.18. The maximum Gasteiger partial charge on any atom is 0.124 e. The lowest BCUT2D eigenvalue weighted by atomic mass is 10.0. The Bertz CT molecular complexity index is 886. The fourth-order valence-corrected chi connectivity index (χ4v) is 4.01. The van der Waals surface area contributed by atoms with Crippen molar-refractivity contribution in [2.45, 2.75) is 44.9 Å². The van der Waals surface area contributed by atoms with E-state index in [1.54, 1.807) is 0 Å². The van der Waals surface area contributed by atoms with E-state index in [-0.39, 0.29) is 0 Å². The number of halogens is 1. The Balaban J connectivity index is 1.58. The second-order valence-electron chi connectivity index (χ2n) is 7.04. The van der Waals surface area contributed by atoms with E-state index in [9.17, 15) is 0 Å². The standard InChI is InChI=1S/C23H24ClNO/c24-19-8-5-6-17(14-19)16-26-23-13-12-18-7-1-4-11-21(18)22(23)15-25-20-9-2-3-10-20/h1,4-8,11-14,20,25H,2-3,9-10,15-16H2. The minimum Gasteiger partial charge on any atom is -0.489 e. The summed E-state index contributed by atoms with van der Waals surface area (Å²) in [6, 6.07) is 21.3. The number of benzene rings is 3. The molecule has 3 aromatic carbocycles. The zero-order valence-electron chi connectivity index (χ0n) is 14.9. The Morgan fingerprint density at radius 3 is 2.65 bits per heavy atom.